The van der Waals surface area contributed by atoms with E-state index in [1.807, 2.05) is 12.1 Å². The second-order valence-corrected chi connectivity index (χ2v) is 6.17. The molecular weight excluding hydrogens is 244 g/mol. The summed E-state index contributed by atoms with van der Waals surface area (Å²) >= 11 is 1.77. The highest BCUT2D eigenvalue weighted by molar-refractivity contribution is 7.99. The summed E-state index contributed by atoms with van der Waals surface area (Å²) in [5.41, 5.74) is 7.17. The molecule has 3 atom stereocenters. The Balaban J connectivity index is 1.71. The summed E-state index contributed by atoms with van der Waals surface area (Å²) in [7, 11) is 0. The number of fused-ring (bicyclic) bond motifs is 1. The molecule has 2 aliphatic rings. The monoisotopic (exact) mass is 262 g/mol. The van der Waals surface area contributed by atoms with Gasteiger partial charge in [0.15, 0.2) is 0 Å². The number of rotatable bonds is 2. The summed E-state index contributed by atoms with van der Waals surface area (Å²) in [4.78, 5) is 13.6. The molecule has 0 spiro atoms. The molecule has 1 aromatic carbocycles. The molecule has 3 unspecified atom stereocenters. The van der Waals surface area contributed by atoms with Gasteiger partial charge in [0.2, 0.25) is 5.91 Å². The standard InChI is InChI=1S/C14H18N2OS/c15-11-5-3-6-12(11)16-14(17)10-8-18-13-7-2-1-4-9(10)13/h1-2,4,7,10-12H,3,5-6,8,15H2,(H,16,17). The number of amides is 1. The predicted molar refractivity (Wildman–Crippen MR) is 73.7 cm³/mol. The van der Waals surface area contributed by atoms with E-state index in [0.29, 0.717) is 0 Å². The molecule has 1 aromatic rings. The number of hydrogen-bond donors (Lipinski definition) is 2. The van der Waals surface area contributed by atoms with Gasteiger partial charge in [-0.3, -0.25) is 4.79 Å². The molecule has 0 bridgehead atoms. The van der Waals surface area contributed by atoms with Gasteiger partial charge in [0.1, 0.15) is 0 Å². The van der Waals surface area contributed by atoms with Crippen LogP contribution in [0.5, 0.6) is 0 Å². The molecule has 1 amide bonds. The van der Waals surface area contributed by atoms with Crippen LogP contribution in [0.4, 0.5) is 0 Å². The van der Waals surface area contributed by atoms with Crippen LogP contribution in [0, 0.1) is 0 Å². The van der Waals surface area contributed by atoms with Crippen LogP contribution in [-0.2, 0) is 4.79 Å². The summed E-state index contributed by atoms with van der Waals surface area (Å²) < 4.78 is 0. The molecule has 0 radical (unpaired) electrons. The van der Waals surface area contributed by atoms with Crippen LogP contribution in [0.3, 0.4) is 0 Å². The number of nitrogens with two attached hydrogens (primary N) is 1. The van der Waals surface area contributed by atoms with Crippen LogP contribution < -0.4 is 11.1 Å². The van der Waals surface area contributed by atoms with Crippen molar-refractivity contribution in [2.45, 2.75) is 42.2 Å². The summed E-state index contributed by atoms with van der Waals surface area (Å²) in [6.07, 6.45) is 3.18. The van der Waals surface area contributed by atoms with Crippen molar-refractivity contribution >= 4 is 17.7 Å². The molecule has 0 aromatic heterocycles. The summed E-state index contributed by atoms with van der Waals surface area (Å²) in [6.45, 7) is 0. The fraction of sp³-hybridized carbons (Fsp3) is 0.500. The van der Waals surface area contributed by atoms with E-state index in [-0.39, 0.29) is 23.9 Å². The first-order valence-electron chi connectivity index (χ1n) is 6.53. The first-order chi connectivity index (χ1) is 8.75. The molecule has 1 aliphatic heterocycles. The van der Waals surface area contributed by atoms with Gasteiger partial charge in [-0.15, -0.1) is 11.8 Å². The lowest BCUT2D eigenvalue weighted by Gasteiger charge is -2.20. The van der Waals surface area contributed by atoms with E-state index < -0.39 is 0 Å². The number of nitrogens with one attached hydrogen (secondary N) is 1. The Kier molecular flexibility index (Phi) is 3.31. The molecule has 0 saturated heterocycles. The number of carbonyl (C=O) groups excluding carboxylic acids is 1. The van der Waals surface area contributed by atoms with E-state index >= 15 is 0 Å². The van der Waals surface area contributed by atoms with Crippen LogP contribution in [0.2, 0.25) is 0 Å². The summed E-state index contributed by atoms with van der Waals surface area (Å²) in [5, 5.41) is 3.13. The summed E-state index contributed by atoms with van der Waals surface area (Å²) in [5.74, 6) is 1.00. The van der Waals surface area contributed by atoms with E-state index in [4.69, 9.17) is 5.73 Å². The van der Waals surface area contributed by atoms with E-state index in [1.165, 1.54) is 10.5 Å². The van der Waals surface area contributed by atoms with Crippen molar-refractivity contribution in [2.24, 2.45) is 5.73 Å². The molecule has 4 heteroatoms. The highest BCUT2D eigenvalue weighted by Gasteiger charge is 2.32. The molecule has 96 valence electrons. The van der Waals surface area contributed by atoms with Crippen LogP contribution in [0.1, 0.15) is 30.7 Å². The molecule has 1 aliphatic carbocycles. The third-order valence-corrected chi connectivity index (χ3v) is 5.10. The zero-order chi connectivity index (χ0) is 12.5. The highest BCUT2D eigenvalue weighted by Crippen LogP contribution is 2.39. The van der Waals surface area contributed by atoms with Gasteiger partial charge in [-0.05, 0) is 30.9 Å². The number of thioether (sulfide) groups is 1. The van der Waals surface area contributed by atoms with Crippen molar-refractivity contribution < 1.29 is 4.79 Å². The van der Waals surface area contributed by atoms with Crippen LogP contribution >= 0.6 is 11.8 Å². The van der Waals surface area contributed by atoms with Gasteiger partial charge in [0.05, 0.1) is 5.92 Å². The second kappa shape index (κ2) is 4.94. The fourth-order valence-corrected chi connectivity index (χ4v) is 4.06. The lowest BCUT2D eigenvalue weighted by Crippen LogP contribution is -2.45. The normalized spacial score (nSPS) is 30.2. The first kappa shape index (κ1) is 12.1. The number of hydrogen-bond acceptors (Lipinski definition) is 3. The minimum Gasteiger partial charge on any atom is -0.351 e. The van der Waals surface area contributed by atoms with E-state index in [1.54, 1.807) is 11.8 Å². The van der Waals surface area contributed by atoms with E-state index in [2.05, 4.69) is 17.4 Å². The maximum atomic E-state index is 12.3. The molecular formula is C14H18N2OS. The van der Waals surface area contributed by atoms with Crippen LogP contribution in [-0.4, -0.2) is 23.7 Å². The minimum atomic E-state index is -0.000926. The lowest BCUT2D eigenvalue weighted by atomic mass is 10.00. The Morgan fingerprint density at radius 3 is 2.94 bits per heavy atom. The molecule has 3 nitrogen and oxygen atoms in total. The Labute approximate surface area is 112 Å². The number of carbonyl (C=O) groups is 1. The third kappa shape index (κ3) is 2.15. The zero-order valence-electron chi connectivity index (χ0n) is 10.3. The average Bonchev–Trinajstić information content (AvgIpc) is 2.96. The predicted octanol–water partition coefficient (Wildman–Crippen LogP) is 1.87. The van der Waals surface area contributed by atoms with Crippen LogP contribution in [0.15, 0.2) is 29.2 Å². The average molecular weight is 262 g/mol. The highest BCUT2D eigenvalue weighted by atomic mass is 32.2. The molecule has 1 heterocycles. The molecule has 3 rings (SSSR count). The van der Waals surface area contributed by atoms with Crippen molar-refractivity contribution in [2.75, 3.05) is 5.75 Å². The van der Waals surface area contributed by atoms with Crippen molar-refractivity contribution in [1.29, 1.82) is 0 Å². The maximum absolute atomic E-state index is 12.3. The van der Waals surface area contributed by atoms with Gasteiger partial charge in [0, 0.05) is 22.7 Å². The maximum Gasteiger partial charge on any atom is 0.228 e. The molecule has 1 saturated carbocycles. The van der Waals surface area contributed by atoms with Gasteiger partial charge in [-0.1, -0.05) is 18.2 Å². The Hall–Kier alpha value is -1.00. The molecule has 3 N–H and O–H groups in total. The SMILES string of the molecule is NC1CCCC1NC(=O)C1CSc2ccccc21. The van der Waals surface area contributed by atoms with Crippen LogP contribution in [0.25, 0.3) is 0 Å². The largest absolute Gasteiger partial charge is 0.351 e. The van der Waals surface area contributed by atoms with Crippen molar-refractivity contribution in [3.63, 3.8) is 0 Å². The smallest absolute Gasteiger partial charge is 0.228 e. The van der Waals surface area contributed by atoms with Crippen molar-refractivity contribution in [1.82, 2.24) is 5.32 Å². The van der Waals surface area contributed by atoms with Gasteiger partial charge >= 0.3 is 0 Å². The second-order valence-electron chi connectivity index (χ2n) is 5.11. The Morgan fingerprint density at radius 2 is 2.17 bits per heavy atom. The van der Waals surface area contributed by atoms with E-state index in [0.717, 1.165) is 25.0 Å². The summed E-state index contributed by atoms with van der Waals surface area (Å²) in [6, 6.07) is 8.50. The van der Waals surface area contributed by atoms with Gasteiger partial charge in [-0.25, -0.2) is 0 Å². The zero-order valence-corrected chi connectivity index (χ0v) is 11.1. The third-order valence-electron chi connectivity index (χ3n) is 3.91. The van der Waals surface area contributed by atoms with Gasteiger partial charge < -0.3 is 11.1 Å². The lowest BCUT2D eigenvalue weighted by molar-refractivity contribution is -0.122. The Bertz CT molecular complexity index is 463. The van der Waals surface area contributed by atoms with Crippen molar-refractivity contribution in [3.05, 3.63) is 29.8 Å². The fourth-order valence-electron chi connectivity index (χ4n) is 2.83. The van der Waals surface area contributed by atoms with E-state index in [9.17, 15) is 4.79 Å². The molecule has 18 heavy (non-hydrogen) atoms. The first-order valence-corrected chi connectivity index (χ1v) is 7.52. The Morgan fingerprint density at radius 1 is 1.33 bits per heavy atom. The minimum absolute atomic E-state index is 0.000926. The van der Waals surface area contributed by atoms with Crippen molar-refractivity contribution in [3.8, 4) is 0 Å². The van der Waals surface area contributed by atoms with Gasteiger partial charge in [-0.2, -0.15) is 0 Å². The topological polar surface area (TPSA) is 55.1 Å². The number of benzene rings is 1. The quantitative estimate of drug-likeness (QED) is 0.855. The molecule has 1 fully saturated rings. The van der Waals surface area contributed by atoms with Gasteiger partial charge in [0.25, 0.3) is 0 Å².